The number of fused-ring (bicyclic) bond motifs is 1. The van der Waals surface area contributed by atoms with Crippen molar-refractivity contribution in [2.45, 2.75) is 13.0 Å². The van der Waals surface area contributed by atoms with Crippen LogP contribution in [-0.2, 0) is 9.53 Å². The Balaban J connectivity index is 1.52. The van der Waals surface area contributed by atoms with E-state index in [-0.39, 0.29) is 28.4 Å². The van der Waals surface area contributed by atoms with Crippen LogP contribution in [0.2, 0.25) is 10.0 Å². The van der Waals surface area contributed by atoms with E-state index in [0.29, 0.717) is 48.3 Å². The van der Waals surface area contributed by atoms with Gasteiger partial charge in [0.2, 0.25) is 0 Å². The summed E-state index contributed by atoms with van der Waals surface area (Å²) in [6.07, 6.45) is 1.59. The average molecular weight is 647 g/mol. The van der Waals surface area contributed by atoms with Gasteiger partial charge in [0.05, 0.1) is 38.4 Å². The molecule has 0 fully saturated rings. The second-order valence-corrected chi connectivity index (χ2v) is 11.5. The Morgan fingerprint density at radius 2 is 1.84 bits per heavy atom. The highest BCUT2D eigenvalue weighted by Crippen LogP contribution is 2.36. The Bertz CT molecular complexity index is 2130. The molecule has 9 nitrogen and oxygen atoms in total. The van der Waals surface area contributed by atoms with Gasteiger partial charge in [-0.25, -0.2) is 9.79 Å². The third-order valence-corrected chi connectivity index (χ3v) is 8.44. The molecule has 0 aliphatic carbocycles. The van der Waals surface area contributed by atoms with Crippen molar-refractivity contribution in [1.82, 2.24) is 4.57 Å². The monoisotopic (exact) mass is 645 g/mol. The van der Waals surface area contributed by atoms with Gasteiger partial charge in [-0.15, -0.1) is 0 Å². The van der Waals surface area contributed by atoms with E-state index in [4.69, 9.17) is 37.3 Å². The first-order chi connectivity index (χ1) is 21.2. The van der Waals surface area contributed by atoms with Crippen LogP contribution in [-0.4, -0.2) is 22.1 Å². The fraction of sp³-hybridized carbons (Fsp3) is 0.0938. The maximum absolute atomic E-state index is 14.0. The first kappa shape index (κ1) is 29.3. The summed E-state index contributed by atoms with van der Waals surface area (Å²) in [6.45, 7) is 1.86. The minimum atomic E-state index is -0.842. The molecule has 0 saturated heterocycles. The lowest BCUT2D eigenvalue weighted by atomic mass is 9.93. The van der Waals surface area contributed by atoms with Crippen molar-refractivity contribution >= 4 is 58.0 Å². The fourth-order valence-electron chi connectivity index (χ4n) is 4.92. The summed E-state index contributed by atoms with van der Waals surface area (Å²) in [5.41, 5.74) is 1.93. The van der Waals surface area contributed by atoms with Crippen molar-refractivity contribution in [2.24, 2.45) is 4.99 Å². The molecule has 3 aromatic carbocycles. The molecule has 3 heterocycles. The number of nitrogens with zero attached hydrogens (tertiary/aromatic N) is 3. The minimum Gasteiger partial charge on any atom is -0.463 e. The molecule has 0 spiro atoms. The van der Waals surface area contributed by atoms with E-state index < -0.39 is 16.9 Å². The molecule has 220 valence electrons. The van der Waals surface area contributed by atoms with Crippen LogP contribution in [0, 0.1) is 10.1 Å². The van der Waals surface area contributed by atoms with Crippen LogP contribution in [0.1, 0.15) is 29.9 Å². The largest absolute Gasteiger partial charge is 0.463 e. The van der Waals surface area contributed by atoms with E-state index in [1.165, 1.54) is 22.8 Å². The van der Waals surface area contributed by atoms with Crippen LogP contribution in [0.25, 0.3) is 23.1 Å². The van der Waals surface area contributed by atoms with Crippen molar-refractivity contribution < 1.29 is 18.9 Å². The molecule has 5 aromatic rings. The van der Waals surface area contributed by atoms with Crippen LogP contribution in [0.15, 0.2) is 105 Å². The molecular formula is C32H21Cl2N3O6S. The lowest BCUT2D eigenvalue weighted by Gasteiger charge is -2.25. The predicted molar refractivity (Wildman–Crippen MR) is 168 cm³/mol. The number of rotatable bonds is 7. The van der Waals surface area contributed by atoms with Gasteiger partial charge in [-0.2, -0.15) is 0 Å². The first-order valence-electron chi connectivity index (χ1n) is 13.3. The van der Waals surface area contributed by atoms with Gasteiger partial charge in [0.1, 0.15) is 11.5 Å². The van der Waals surface area contributed by atoms with Crippen LogP contribution < -0.4 is 14.9 Å². The third-order valence-electron chi connectivity index (χ3n) is 6.89. The first-order valence-corrected chi connectivity index (χ1v) is 14.9. The van der Waals surface area contributed by atoms with Crippen LogP contribution in [0.3, 0.4) is 0 Å². The number of benzene rings is 3. The van der Waals surface area contributed by atoms with E-state index in [2.05, 4.69) is 0 Å². The molecule has 12 heteroatoms. The Hall–Kier alpha value is -4.77. The number of carbonyl (C=O) groups is 1. The molecule has 1 aliphatic heterocycles. The number of furan rings is 1. The number of esters is 1. The molecule has 44 heavy (non-hydrogen) atoms. The maximum atomic E-state index is 14.0. The van der Waals surface area contributed by atoms with Crippen LogP contribution in [0.5, 0.6) is 0 Å². The van der Waals surface area contributed by atoms with Gasteiger partial charge in [-0.1, -0.05) is 77.0 Å². The Morgan fingerprint density at radius 1 is 1.09 bits per heavy atom. The number of non-ortho nitro benzene ring substituents is 1. The Morgan fingerprint density at radius 3 is 2.52 bits per heavy atom. The molecule has 0 radical (unpaired) electrons. The molecule has 1 atom stereocenters. The van der Waals surface area contributed by atoms with Crippen molar-refractivity contribution in [3.05, 3.63) is 147 Å². The summed E-state index contributed by atoms with van der Waals surface area (Å²) in [6, 6.07) is 22.8. The molecule has 1 aliphatic rings. The van der Waals surface area contributed by atoms with Crippen LogP contribution in [0.4, 0.5) is 5.69 Å². The Kier molecular flexibility index (Phi) is 8.05. The molecule has 0 saturated carbocycles. The molecular weight excluding hydrogens is 625 g/mol. The molecule has 6 rings (SSSR count). The minimum absolute atomic E-state index is 0.140. The van der Waals surface area contributed by atoms with Gasteiger partial charge >= 0.3 is 5.97 Å². The van der Waals surface area contributed by atoms with Gasteiger partial charge in [0.25, 0.3) is 11.2 Å². The number of ether oxygens (including phenoxy) is 1. The maximum Gasteiger partial charge on any atom is 0.338 e. The molecule has 0 unspecified atom stereocenters. The lowest BCUT2D eigenvalue weighted by molar-refractivity contribution is -0.384. The number of hydrogen-bond acceptors (Lipinski definition) is 8. The zero-order chi connectivity index (χ0) is 31.0. The number of thiazole rings is 1. The molecule has 2 aromatic heterocycles. The predicted octanol–water partition coefficient (Wildman–Crippen LogP) is 6.41. The summed E-state index contributed by atoms with van der Waals surface area (Å²) in [4.78, 5) is 43.3. The second-order valence-electron chi connectivity index (χ2n) is 9.61. The molecule has 0 bridgehead atoms. The Labute approximate surface area is 263 Å². The summed E-state index contributed by atoms with van der Waals surface area (Å²) < 4.78 is 13.2. The number of aromatic nitrogens is 1. The summed E-state index contributed by atoms with van der Waals surface area (Å²) >= 11 is 13.6. The van der Waals surface area contributed by atoms with E-state index in [1.807, 2.05) is 30.3 Å². The number of hydrogen-bond donors (Lipinski definition) is 0. The van der Waals surface area contributed by atoms with E-state index in [1.54, 1.807) is 49.4 Å². The highest BCUT2D eigenvalue weighted by atomic mass is 35.5. The zero-order valence-corrected chi connectivity index (χ0v) is 25.2. The van der Waals surface area contributed by atoms with Crippen molar-refractivity contribution in [3.63, 3.8) is 0 Å². The number of nitro benzene ring substituents is 1. The quantitative estimate of drug-likeness (QED) is 0.115. The summed E-state index contributed by atoms with van der Waals surface area (Å²) in [5.74, 6) is 0.148. The van der Waals surface area contributed by atoms with Gasteiger partial charge in [0.15, 0.2) is 4.80 Å². The van der Waals surface area contributed by atoms with Gasteiger partial charge in [-0.3, -0.25) is 19.5 Å². The van der Waals surface area contributed by atoms with E-state index in [0.717, 1.165) is 11.3 Å². The smallest absolute Gasteiger partial charge is 0.338 e. The number of carbonyl (C=O) groups excluding carboxylic acids is 1. The summed E-state index contributed by atoms with van der Waals surface area (Å²) in [7, 11) is 0. The highest BCUT2D eigenvalue weighted by molar-refractivity contribution is 7.07. The lowest BCUT2D eigenvalue weighted by Crippen LogP contribution is -2.39. The van der Waals surface area contributed by atoms with E-state index >= 15 is 0 Å². The van der Waals surface area contributed by atoms with Crippen molar-refractivity contribution in [1.29, 1.82) is 0 Å². The normalized spacial score (nSPS) is 14.7. The zero-order valence-electron chi connectivity index (χ0n) is 22.9. The van der Waals surface area contributed by atoms with Crippen molar-refractivity contribution in [3.8, 4) is 11.3 Å². The second kappa shape index (κ2) is 12.1. The average Bonchev–Trinajstić information content (AvgIpc) is 3.61. The fourth-order valence-corrected chi connectivity index (χ4v) is 6.30. The summed E-state index contributed by atoms with van der Waals surface area (Å²) in [5, 5.41) is 11.8. The van der Waals surface area contributed by atoms with Gasteiger partial charge < -0.3 is 9.15 Å². The van der Waals surface area contributed by atoms with Gasteiger partial charge in [0, 0.05) is 34.4 Å². The number of halogens is 2. The highest BCUT2D eigenvalue weighted by Gasteiger charge is 2.35. The molecule has 0 N–H and O–H groups in total. The van der Waals surface area contributed by atoms with Crippen LogP contribution >= 0.6 is 34.5 Å². The van der Waals surface area contributed by atoms with Gasteiger partial charge in [-0.05, 0) is 42.8 Å². The SMILES string of the molecule is CCOC(=O)C1=C(c2ccccc2)N=c2s/c(=C\c3ccc(-c4ccc([N+](=O)[O-])cc4Cl)o3)c(=O)n2[C@H]1c1ccc(Cl)cc1. The third kappa shape index (κ3) is 5.50. The topological polar surface area (TPSA) is 117 Å². The van der Waals surface area contributed by atoms with E-state index in [9.17, 15) is 19.7 Å². The molecule has 0 amide bonds. The number of nitro groups is 1. The standard InChI is InChI=1S/C32H21Cl2N3O6S/c1-2-42-31(39)27-28(18-6-4-3-5-7-18)35-32-36(29(27)19-8-10-20(33)11-9-19)30(38)26(44-32)17-22-13-15-25(43-22)23-14-12-21(37(40)41)16-24(23)34/h3-17,29H,2H2,1H3/b26-17-/t29-/m0/s1. The van der Waals surface area contributed by atoms with Crippen molar-refractivity contribution in [2.75, 3.05) is 6.61 Å².